The maximum Gasteiger partial charge on any atom is 0.245 e. The lowest BCUT2D eigenvalue weighted by Gasteiger charge is -2.44. The Morgan fingerprint density at radius 1 is 0.800 bits per heavy atom. The first kappa shape index (κ1) is 38.3. The van der Waals surface area contributed by atoms with E-state index in [-0.39, 0.29) is 33.4 Å². The minimum absolute atomic E-state index is 0.00544. The minimum atomic E-state index is -2.29. The smallest absolute Gasteiger partial charge is 0.245 e. The van der Waals surface area contributed by atoms with Crippen LogP contribution in [0.5, 0.6) is 5.88 Å². The van der Waals surface area contributed by atoms with Gasteiger partial charge >= 0.3 is 0 Å². The van der Waals surface area contributed by atoms with Crippen molar-refractivity contribution in [1.82, 2.24) is 19.5 Å². The molecule has 1 aliphatic heterocycles. The fraction of sp³-hybridized carbons (Fsp3) is 0.848. The number of methoxy groups -OCH3 is 1. The number of nitrogens with zero attached hydrogens (tertiary/aromatic N) is 4. The highest BCUT2D eigenvalue weighted by Crippen LogP contribution is 2.47. The molecule has 0 radical (unpaired) electrons. The van der Waals surface area contributed by atoms with Gasteiger partial charge in [0.1, 0.15) is 24.1 Å². The van der Waals surface area contributed by atoms with Crippen LogP contribution in [0, 0.1) is 5.92 Å². The highest BCUT2D eigenvalue weighted by molar-refractivity contribution is 6.75. The first-order valence-electron chi connectivity index (χ1n) is 16.6. The molecule has 12 heteroatoms. The van der Waals surface area contributed by atoms with Crippen LogP contribution in [0.3, 0.4) is 0 Å². The van der Waals surface area contributed by atoms with Crippen LogP contribution in [0.25, 0.3) is 11.2 Å². The van der Waals surface area contributed by atoms with Crippen molar-refractivity contribution < 1.29 is 22.8 Å². The summed E-state index contributed by atoms with van der Waals surface area (Å²) in [6, 6.07) is 0. The zero-order valence-electron chi connectivity index (χ0n) is 31.7. The Kier molecular flexibility index (Phi) is 11.1. The van der Waals surface area contributed by atoms with Gasteiger partial charge in [-0.1, -0.05) is 76.2 Å². The van der Waals surface area contributed by atoms with Crippen molar-refractivity contribution in [2.45, 2.75) is 162 Å². The molecule has 3 rings (SSSR count). The summed E-state index contributed by atoms with van der Waals surface area (Å²) < 4.78 is 36.3. The van der Waals surface area contributed by atoms with E-state index in [1.807, 2.05) is 4.57 Å². The predicted molar refractivity (Wildman–Crippen MR) is 192 cm³/mol. The number of hydrogen-bond donors (Lipinski definition) is 0. The molecule has 0 saturated carbocycles. The molecule has 3 heterocycles. The maximum atomic E-state index is 7.34. The average molecular weight is 681 g/mol. The van der Waals surface area contributed by atoms with Gasteiger partial charge in [0.25, 0.3) is 0 Å². The van der Waals surface area contributed by atoms with Gasteiger partial charge < -0.3 is 22.8 Å². The monoisotopic (exact) mass is 680 g/mol. The van der Waals surface area contributed by atoms with Gasteiger partial charge in [0.05, 0.1) is 20.0 Å². The largest absolute Gasteiger partial charge is 0.479 e. The van der Waals surface area contributed by atoms with E-state index in [9.17, 15) is 0 Å². The molecule has 2 aromatic rings. The molecule has 1 fully saturated rings. The van der Waals surface area contributed by atoms with Crippen molar-refractivity contribution in [3.8, 4) is 5.88 Å². The fourth-order valence-corrected chi connectivity index (χ4v) is 8.21. The summed E-state index contributed by atoms with van der Waals surface area (Å²) in [5, 5.41) is 0.0613. The van der Waals surface area contributed by atoms with Crippen LogP contribution in [0.1, 0.15) is 88.2 Å². The molecule has 1 aliphatic rings. The van der Waals surface area contributed by atoms with Crippen LogP contribution in [0.15, 0.2) is 6.33 Å². The van der Waals surface area contributed by atoms with E-state index in [0.29, 0.717) is 29.6 Å². The quantitative estimate of drug-likeness (QED) is 0.218. The van der Waals surface area contributed by atoms with E-state index in [1.165, 1.54) is 0 Å². The molecule has 0 amide bonds. The second kappa shape index (κ2) is 13.0. The lowest BCUT2D eigenvalue weighted by Crippen LogP contribution is -2.54. The van der Waals surface area contributed by atoms with Gasteiger partial charge in [-0.15, -0.1) is 0 Å². The lowest BCUT2D eigenvalue weighted by molar-refractivity contribution is -0.0470. The van der Waals surface area contributed by atoms with Gasteiger partial charge in [-0.05, 0) is 60.3 Å². The molecule has 1 saturated heterocycles. The number of imidazole rings is 1. The Morgan fingerprint density at radius 2 is 1.31 bits per heavy atom. The van der Waals surface area contributed by atoms with Crippen molar-refractivity contribution in [3.05, 3.63) is 12.2 Å². The van der Waals surface area contributed by atoms with Crippen LogP contribution in [0.4, 0.5) is 0 Å². The summed E-state index contributed by atoms with van der Waals surface area (Å²) in [7, 11) is -4.99. The fourth-order valence-electron chi connectivity index (χ4n) is 4.59. The highest BCUT2D eigenvalue weighted by atomic mass is 28.4. The van der Waals surface area contributed by atoms with E-state index in [1.54, 1.807) is 13.4 Å². The standard InChI is InChI=1S/C33H64N4O5Si3/c1-22(2)19-24-35-28-25(29(36-24)38-12)34-21-37(28)30-27(42-45(17,18)33(9,10)11)26(41-44(15,16)32(6,7)8)23(40-30)20-39-43(13,14)31(3,4)5/h21-23,26-27,30H,19-20H2,1-18H3/t23-,26-,27-,30-/m1/s1. The summed E-state index contributed by atoms with van der Waals surface area (Å²) in [5.74, 6) is 1.59. The van der Waals surface area contributed by atoms with Crippen molar-refractivity contribution in [2.75, 3.05) is 13.7 Å². The Labute approximate surface area is 276 Å². The molecule has 45 heavy (non-hydrogen) atoms. The first-order valence-corrected chi connectivity index (χ1v) is 25.4. The Morgan fingerprint density at radius 3 is 1.78 bits per heavy atom. The molecule has 0 aromatic carbocycles. The first-order chi connectivity index (χ1) is 20.2. The summed E-state index contributed by atoms with van der Waals surface area (Å²) in [5.41, 5.74) is 1.30. The molecular formula is C33H64N4O5Si3. The molecule has 9 nitrogen and oxygen atoms in total. The van der Waals surface area contributed by atoms with Gasteiger partial charge in [0, 0.05) is 6.42 Å². The number of hydrogen-bond acceptors (Lipinski definition) is 8. The Balaban J connectivity index is 2.23. The molecule has 0 spiro atoms. The molecule has 0 N–H and O–H groups in total. The Bertz CT molecular complexity index is 1310. The molecule has 258 valence electrons. The number of aromatic nitrogens is 4. The van der Waals surface area contributed by atoms with Crippen LogP contribution in [-0.4, -0.2) is 76.5 Å². The molecular weight excluding hydrogens is 617 g/mol. The van der Waals surface area contributed by atoms with E-state index in [0.717, 1.165) is 12.2 Å². The van der Waals surface area contributed by atoms with Gasteiger partial charge in [0.2, 0.25) is 5.88 Å². The summed E-state index contributed by atoms with van der Waals surface area (Å²) in [6.07, 6.45) is 0.968. The molecule has 0 bridgehead atoms. The second-order valence-electron chi connectivity index (χ2n) is 17.9. The summed E-state index contributed by atoms with van der Waals surface area (Å²) in [4.78, 5) is 14.5. The predicted octanol–water partition coefficient (Wildman–Crippen LogP) is 8.73. The van der Waals surface area contributed by atoms with Gasteiger partial charge in [-0.3, -0.25) is 4.57 Å². The average Bonchev–Trinajstić information content (AvgIpc) is 3.40. The third-order valence-electron chi connectivity index (χ3n) is 10.7. The van der Waals surface area contributed by atoms with Gasteiger partial charge in [-0.2, -0.15) is 4.98 Å². The van der Waals surface area contributed by atoms with Crippen molar-refractivity contribution in [1.29, 1.82) is 0 Å². The molecule has 2 aromatic heterocycles. The third kappa shape index (κ3) is 8.29. The zero-order chi connectivity index (χ0) is 34.6. The number of fused-ring (bicyclic) bond motifs is 1. The van der Waals surface area contributed by atoms with Gasteiger partial charge in [-0.25, -0.2) is 9.97 Å². The Hall–Kier alpha value is -1.16. The van der Waals surface area contributed by atoms with Crippen LogP contribution < -0.4 is 4.74 Å². The van der Waals surface area contributed by atoms with Gasteiger partial charge in [0.15, 0.2) is 42.3 Å². The zero-order valence-corrected chi connectivity index (χ0v) is 34.7. The molecule has 0 aliphatic carbocycles. The van der Waals surface area contributed by atoms with E-state index in [2.05, 4.69) is 120 Å². The van der Waals surface area contributed by atoms with E-state index < -0.39 is 31.2 Å². The molecule has 0 unspecified atom stereocenters. The third-order valence-corrected chi connectivity index (χ3v) is 24.1. The van der Waals surface area contributed by atoms with Crippen LogP contribution >= 0.6 is 0 Å². The van der Waals surface area contributed by atoms with E-state index >= 15 is 0 Å². The second-order valence-corrected chi connectivity index (χ2v) is 32.2. The summed E-state index contributed by atoms with van der Waals surface area (Å²) in [6.45, 7) is 39.0. The van der Waals surface area contributed by atoms with Crippen LogP contribution in [0.2, 0.25) is 54.4 Å². The summed E-state index contributed by atoms with van der Waals surface area (Å²) >= 11 is 0. The minimum Gasteiger partial charge on any atom is -0.479 e. The highest BCUT2D eigenvalue weighted by Gasteiger charge is 2.55. The topological polar surface area (TPSA) is 89.8 Å². The number of rotatable bonds is 11. The van der Waals surface area contributed by atoms with Crippen molar-refractivity contribution >= 4 is 36.1 Å². The SMILES string of the molecule is COc1nc(CC(C)C)nc2c1ncn2[C@@H]1O[C@H](CO[Si](C)(C)C(C)(C)C)[C@@H](O[Si](C)(C)C(C)(C)C)[C@H]1O[Si](C)(C)C(C)(C)C. The normalized spacial score (nSPS) is 22.6. The molecule has 4 atom stereocenters. The lowest BCUT2D eigenvalue weighted by atomic mass is 10.1. The number of ether oxygens (including phenoxy) is 2. The van der Waals surface area contributed by atoms with Crippen molar-refractivity contribution in [3.63, 3.8) is 0 Å². The maximum absolute atomic E-state index is 7.34. The van der Waals surface area contributed by atoms with E-state index in [4.69, 9.17) is 32.7 Å². The van der Waals surface area contributed by atoms with Crippen molar-refractivity contribution in [2.24, 2.45) is 5.92 Å². The van der Waals surface area contributed by atoms with Crippen LogP contribution in [-0.2, 0) is 24.4 Å².